The van der Waals surface area contributed by atoms with Gasteiger partial charge in [-0.05, 0) is 6.42 Å². The summed E-state index contributed by atoms with van der Waals surface area (Å²) >= 11 is 0. The lowest BCUT2D eigenvalue weighted by Crippen LogP contribution is -2.15. The van der Waals surface area contributed by atoms with Crippen LogP contribution in [-0.4, -0.2) is 18.0 Å². The molecule has 10 heavy (non-hydrogen) atoms. The lowest BCUT2D eigenvalue weighted by molar-refractivity contribution is -0.125. The molecule has 60 valence electrons. The quantitative estimate of drug-likeness (QED) is 0.458. The van der Waals surface area contributed by atoms with Crippen molar-refractivity contribution in [1.29, 1.82) is 0 Å². The van der Waals surface area contributed by atoms with Crippen LogP contribution in [0.25, 0.3) is 0 Å². The summed E-state index contributed by atoms with van der Waals surface area (Å²) < 4.78 is 26.5. The van der Waals surface area contributed by atoms with Gasteiger partial charge in [0, 0.05) is 5.34 Å². The van der Waals surface area contributed by atoms with E-state index < -0.39 is 11.4 Å². The van der Waals surface area contributed by atoms with Crippen LogP contribution in [0.2, 0.25) is 0 Å². The average Bonchev–Trinajstić information content (AvgIpc) is 1.88. The number of halogens is 2. The van der Waals surface area contributed by atoms with Gasteiger partial charge in [-0.25, -0.2) is 4.79 Å². The molecule has 1 amide bonds. The van der Waals surface area contributed by atoms with Crippen molar-refractivity contribution in [3.8, 4) is 0 Å². The zero-order valence-corrected chi connectivity index (χ0v) is 5.64. The Kier molecular flexibility index (Phi) is 4.53. The molecule has 0 rings (SSSR count). The highest BCUT2D eigenvalue weighted by Crippen LogP contribution is 1.96. The molecule has 0 spiro atoms. The fourth-order valence-electron chi connectivity index (χ4n) is 0.353. The first-order chi connectivity index (χ1) is 4.68. The SMILES string of the molecule is CCCCOC(=O)N(F)F. The summed E-state index contributed by atoms with van der Waals surface area (Å²) in [6.45, 7) is 1.93. The lowest BCUT2D eigenvalue weighted by Gasteiger charge is -2.01. The van der Waals surface area contributed by atoms with Gasteiger partial charge in [0.05, 0.1) is 6.61 Å². The summed E-state index contributed by atoms with van der Waals surface area (Å²) in [5.41, 5.74) is 0. The summed E-state index contributed by atoms with van der Waals surface area (Å²) in [7, 11) is 0. The van der Waals surface area contributed by atoms with E-state index in [0.29, 0.717) is 6.42 Å². The molecular weight excluding hydrogens is 144 g/mol. The van der Waals surface area contributed by atoms with Gasteiger partial charge < -0.3 is 4.74 Å². The lowest BCUT2D eigenvalue weighted by atomic mass is 10.4. The Hall–Kier alpha value is -0.870. The van der Waals surface area contributed by atoms with Crippen LogP contribution in [0.4, 0.5) is 13.8 Å². The van der Waals surface area contributed by atoms with Gasteiger partial charge in [0.1, 0.15) is 0 Å². The fourth-order valence-corrected chi connectivity index (χ4v) is 0.353. The fraction of sp³-hybridized carbons (Fsp3) is 0.800. The van der Waals surface area contributed by atoms with Crippen LogP contribution in [0.15, 0.2) is 0 Å². The van der Waals surface area contributed by atoms with E-state index in [1.165, 1.54) is 0 Å². The van der Waals surface area contributed by atoms with Crippen molar-refractivity contribution in [2.24, 2.45) is 0 Å². The summed E-state index contributed by atoms with van der Waals surface area (Å²) in [5, 5.41) is -1.57. The van der Waals surface area contributed by atoms with E-state index >= 15 is 0 Å². The Bertz CT molecular complexity index is 108. The molecule has 0 aliphatic carbocycles. The molecule has 0 heterocycles. The Morgan fingerprint density at radius 2 is 2.20 bits per heavy atom. The number of nitrogens with zero attached hydrogens (tertiary/aromatic N) is 1. The van der Waals surface area contributed by atoms with Gasteiger partial charge in [-0.15, -0.1) is 0 Å². The summed E-state index contributed by atoms with van der Waals surface area (Å²) in [4.78, 5) is 9.97. The average molecular weight is 153 g/mol. The predicted molar refractivity (Wildman–Crippen MR) is 30.3 cm³/mol. The summed E-state index contributed by atoms with van der Waals surface area (Å²) in [6.07, 6.45) is -0.167. The molecule has 0 unspecified atom stereocenters. The second-order valence-electron chi connectivity index (χ2n) is 1.70. The molecule has 0 aromatic heterocycles. The minimum Gasteiger partial charge on any atom is -0.446 e. The first kappa shape index (κ1) is 9.13. The van der Waals surface area contributed by atoms with E-state index in [2.05, 4.69) is 4.74 Å². The molecule has 0 aromatic rings. The van der Waals surface area contributed by atoms with Gasteiger partial charge in [-0.3, -0.25) is 0 Å². The minimum atomic E-state index is -1.59. The van der Waals surface area contributed by atoms with Gasteiger partial charge in [0.25, 0.3) is 0 Å². The summed E-state index contributed by atoms with van der Waals surface area (Å²) in [5.74, 6) is 0. The predicted octanol–water partition coefficient (Wildman–Crippen LogP) is 1.99. The molecule has 0 aromatic carbocycles. The third-order valence-corrected chi connectivity index (χ3v) is 0.861. The summed E-state index contributed by atoms with van der Waals surface area (Å²) in [6, 6.07) is 0. The maximum absolute atomic E-state index is 11.2. The standard InChI is InChI=1S/C5H9F2NO2/c1-2-3-4-10-5(9)8(6)7/h2-4H2,1H3. The van der Waals surface area contributed by atoms with Gasteiger partial charge in [-0.2, -0.15) is 0 Å². The van der Waals surface area contributed by atoms with Crippen molar-refractivity contribution in [3.05, 3.63) is 0 Å². The molecule has 0 saturated heterocycles. The first-order valence-electron chi connectivity index (χ1n) is 2.97. The third-order valence-electron chi connectivity index (χ3n) is 0.861. The highest BCUT2D eigenvalue weighted by Gasteiger charge is 2.11. The molecule has 0 fully saturated rings. The number of unbranched alkanes of at least 4 members (excludes halogenated alkanes) is 1. The molecule has 0 atom stereocenters. The van der Waals surface area contributed by atoms with Crippen molar-refractivity contribution in [1.82, 2.24) is 5.34 Å². The Morgan fingerprint density at radius 3 is 2.60 bits per heavy atom. The Labute approximate surface area is 57.4 Å². The largest absolute Gasteiger partial charge is 0.468 e. The Morgan fingerprint density at radius 1 is 1.60 bits per heavy atom. The second kappa shape index (κ2) is 4.96. The van der Waals surface area contributed by atoms with E-state index in [0.717, 1.165) is 6.42 Å². The van der Waals surface area contributed by atoms with E-state index in [1.807, 2.05) is 6.92 Å². The van der Waals surface area contributed by atoms with Crippen molar-refractivity contribution in [2.45, 2.75) is 19.8 Å². The van der Waals surface area contributed by atoms with Gasteiger partial charge >= 0.3 is 6.09 Å². The monoisotopic (exact) mass is 153 g/mol. The van der Waals surface area contributed by atoms with E-state index in [4.69, 9.17) is 0 Å². The Balaban J connectivity index is 3.22. The number of hydrogen-bond donors (Lipinski definition) is 0. The van der Waals surface area contributed by atoms with Gasteiger partial charge in [0.2, 0.25) is 0 Å². The van der Waals surface area contributed by atoms with E-state index in [-0.39, 0.29) is 6.61 Å². The maximum atomic E-state index is 11.2. The van der Waals surface area contributed by atoms with Crippen LogP contribution in [0.3, 0.4) is 0 Å². The normalized spacial score (nSPS) is 9.10. The number of carbonyl (C=O) groups is 1. The smallest absolute Gasteiger partial charge is 0.446 e. The number of ether oxygens (including phenoxy) is 1. The molecule has 3 nitrogen and oxygen atoms in total. The molecule has 0 radical (unpaired) electrons. The van der Waals surface area contributed by atoms with Crippen molar-refractivity contribution < 1.29 is 18.5 Å². The van der Waals surface area contributed by atoms with Crippen molar-refractivity contribution in [2.75, 3.05) is 6.61 Å². The highest BCUT2D eigenvalue weighted by atomic mass is 19.4. The third kappa shape index (κ3) is 4.05. The van der Waals surface area contributed by atoms with Crippen LogP contribution in [0.5, 0.6) is 0 Å². The topological polar surface area (TPSA) is 29.5 Å². The number of amides is 1. The maximum Gasteiger partial charge on any atom is 0.468 e. The number of hydrogen-bond acceptors (Lipinski definition) is 2. The molecule has 0 aliphatic heterocycles. The van der Waals surface area contributed by atoms with Gasteiger partial charge in [-0.1, -0.05) is 22.3 Å². The molecule has 0 N–H and O–H groups in total. The molecule has 5 heteroatoms. The van der Waals surface area contributed by atoms with E-state index in [1.54, 1.807) is 0 Å². The van der Waals surface area contributed by atoms with Crippen LogP contribution in [-0.2, 0) is 4.74 Å². The number of carbonyl (C=O) groups excluding carboxylic acids is 1. The van der Waals surface area contributed by atoms with Crippen molar-refractivity contribution >= 4 is 6.09 Å². The molecule has 0 aliphatic rings. The zero-order valence-electron chi connectivity index (χ0n) is 5.64. The minimum absolute atomic E-state index is 0.0552. The molecule has 0 bridgehead atoms. The van der Waals surface area contributed by atoms with Crippen molar-refractivity contribution in [3.63, 3.8) is 0 Å². The van der Waals surface area contributed by atoms with Crippen LogP contribution in [0.1, 0.15) is 19.8 Å². The van der Waals surface area contributed by atoms with Crippen LogP contribution >= 0.6 is 0 Å². The van der Waals surface area contributed by atoms with Crippen LogP contribution in [0, 0.1) is 0 Å². The van der Waals surface area contributed by atoms with E-state index in [9.17, 15) is 13.8 Å². The van der Waals surface area contributed by atoms with Gasteiger partial charge in [0.15, 0.2) is 0 Å². The highest BCUT2D eigenvalue weighted by molar-refractivity contribution is 5.64. The second-order valence-corrected chi connectivity index (χ2v) is 1.70. The molecule has 0 saturated carbocycles. The molecular formula is C5H9F2NO2. The first-order valence-corrected chi connectivity index (χ1v) is 2.97. The van der Waals surface area contributed by atoms with Crippen LogP contribution < -0.4 is 0 Å². The zero-order chi connectivity index (χ0) is 7.98. The number of rotatable bonds is 3.